The highest BCUT2D eigenvalue weighted by molar-refractivity contribution is 7.11. The van der Waals surface area contributed by atoms with Crippen molar-refractivity contribution in [2.45, 2.75) is 38.5 Å². The van der Waals surface area contributed by atoms with Crippen LogP contribution in [0.15, 0.2) is 29.2 Å². The third-order valence-corrected chi connectivity index (χ3v) is 4.45. The molecule has 1 aromatic heterocycles. The first-order valence-corrected chi connectivity index (χ1v) is 7.17. The molecule has 0 aliphatic heterocycles. The predicted molar refractivity (Wildman–Crippen MR) is 77.5 cm³/mol. The molecule has 2 rings (SSSR count). The van der Waals surface area contributed by atoms with Crippen LogP contribution in [0.3, 0.4) is 0 Å². The highest BCUT2D eigenvalue weighted by Crippen LogP contribution is 2.36. The van der Waals surface area contributed by atoms with Gasteiger partial charge in [-0.3, -0.25) is 4.79 Å². The highest BCUT2D eigenvalue weighted by Gasteiger charge is 2.18. The van der Waals surface area contributed by atoms with Gasteiger partial charge in [0, 0.05) is 10.5 Å². The van der Waals surface area contributed by atoms with E-state index in [2.05, 4.69) is 18.0 Å². The Morgan fingerprint density at radius 2 is 2.17 bits per heavy atom. The molecule has 2 nitrogen and oxygen atoms in total. The fourth-order valence-corrected chi connectivity index (χ4v) is 3.28. The van der Waals surface area contributed by atoms with Crippen molar-refractivity contribution in [1.29, 1.82) is 0 Å². The zero-order valence-electron chi connectivity index (χ0n) is 10.7. The Morgan fingerprint density at radius 3 is 2.78 bits per heavy atom. The first-order valence-electron chi connectivity index (χ1n) is 6.29. The largest absolute Gasteiger partial charge is 0.366 e. The van der Waals surface area contributed by atoms with E-state index < -0.39 is 0 Å². The number of nitrogens with two attached hydrogens (primary N) is 1. The van der Waals surface area contributed by atoms with Crippen LogP contribution in [0.25, 0.3) is 6.08 Å². The van der Waals surface area contributed by atoms with Gasteiger partial charge in [0.15, 0.2) is 0 Å². The maximum absolute atomic E-state index is 11.0. The van der Waals surface area contributed by atoms with E-state index in [0.717, 1.165) is 17.7 Å². The summed E-state index contributed by atoms with van der Waals surface area (Å²) in [5.41, 5.74) is 8.63. The smallest absolute Gasteiger partial charge is 0.244 e. The van der Waals surface area contributed by atoms with Crippen LogP contribution in [0.5, 0.6) is 0 Å². The molecule has 96 valence electrons. The first-order chi connectivity index (χ1) is 8.56. The molecular weight excluding hydrogens is 242 g/mol. The van der Waals surface area contributed by atoms with E-state index in [0.29, 0.717) is 11.5 Å². The zero-order valence-corrected chi connectivity index (χ0v) is 11.6. The van der Waals surface area contributed by atoms with Crippen LogP contribution in [0.4, 0.5) is 0 Å². The van der Waals surface area contributed by atoms with Gasteiger partial charge in [0.05, 0.1) is 0 Å². The van der Waals surface area contributed by atoms with Crippen molar-refractivity contribution < 1.29 is 4.79 Å². The Bertz CT molecular complexity index is 488. The molecule has 2 N–H and O–H groups in total. The van der Waals surface area contributed by atoms with Crippen molar-refractivity contribution in [2.24, 2.45) is 5.73 Å². The van der Waals surface area contributed by atoms with E-state index in [1.807, 2.05) is 6.08 Å². The van der Waals surface area contributed by atoms with Gasteiger partial charge in [-0.1, -0.05) is 12.2 Å². The van der Waals surface area contributed by atoms with Crippen LogP contribution >= 0.6 is 11.3 Å². The third-order valence-electron chi connectivity index (χ3n) is 3.55. The van der Waals surface area contributed by atoms with Crippen LogP contribution in [-0.4, -0.2) is 5.91 Å². The summed E-state index contributed by atoms with van der Waals surface area (Å²) in [6, 6.07) is 2.19. The summed E-state index contributed by atoms with van der Waals surface area (Å²) in [6.45, 7) is 5.80. The van der Waals surface area contributed by atoms with Crippen molar-refractivity contribution >= 4 is 23.3 Å². The minimum absolute atomic E-state index is 0.348. The third kappa shape index (κ3) is 3.10. The molecular formula is C15H19NOS. The van der Waals surface area contributed by atoms with E-state index >= 15 is 0 Å². The molecule has 3 heteroatoms. The van der Waals surface area contributed by atoms with E-state index in [1.165, 1.54) is 24.0 Å². The summed E-state index contributed by atoms with van der Waals surface area (Å²) >= 11 is 1.68. The lowest BCUT2D eigenvalue weighted by atomic mass is 9.83. The molecule has 0 aromatic carbocycles. The van der Waals surface area contributed by atoms with Gasteiger partial charge in [-0.2, -0.15) is 0 Å². The number of hydrogen-bond acceptors (Lipinski definition) is 2. The molecule has 0 spiro atoms. The number of primary amides is 1. The van der Waals surface area contributed by atoms with Crippen molar-refractivity contribution in [2.75, 3.05) is 0 Å². The van der Waals surface area contributed by atoms with Gasteiger partial charge >= 0.3 is 0 Å². The molecule has 1 amide bonds. The number of thiophene rings is 1. The Hall–Kier alpha value is -1.35. The summed E-state index contributed by atoms with van der Waals surface area (Å²) < 4.78 is 0. The molecule has 1 aliphatic carbocycles. The number of rotatable bonds is 3. The molecule has 1 aromatic rings. The molecule has 0 bridgehead atoms. The molecule has 0 unspecified atom stereocenters. The number of carbonyl (C=O) groups is 1. The molecule has 18 heavy (non-hydrogen) atoms. The summed E-state index contributed by atoms with van der Waals surface area (Å²) in [5, 5.41) is 2.21. The summed E-state index contributed by atoms with van der Waals surface area (Å²) in [6.07, 6.45) is 6.57. The lowest BCUT2D eigenvalue weighted by Gasteiger charge is -2.22. The lowest BCUT2D eigenvalue weighted by molar-refractivity contribution is -0.114. The number of amides is 1. The van der Waals surface area contributed by atoms with Gasteiger partial charge < -0.3 is 5.73 Å². The molecule has 0 saturated heterocycles. The minimum atomic E-state index is -0.348. The SMILES string of the molecule is C=C1CCC(c2csc(/C=C(\C)C(N)=O)c2)CC1. The number of allylic oxidation sites excluding steroid dienone is 1. The predicted octanol–water partition coefficient (Wildman–Crippen LogP) is 3.85. The summed E-state index contributed by atoms with van der Waals surface area (Å²) in [4.78, 5) is 12.1. The van der Waals surface area contributed by atoms with Crippen molar-refractivity contribution in [3.05, 3.63) is 39.6 Å². The first kappa shape index (κ1) is 13.1. The van der Waals surface area contributed by atoms with Crippen LogP contribution in [0.2, 0.25) is 0 Å². The fraction of sp³-hybridized carbons (Fsp3) is 0.400. The van der Waals surface area contributed by atoms with Gasteiger partial charge in [-0.25, -0.2) is 0 Å². The van der Waals surface area contributed by atoms with E-state index in [9.17, 15) is 4.79 Å². The molecule has 0 atom stereocenters. The Morgan fingerprint density at radius 1 is 1.50 bits per heavy atom. The van der Waals surface area contributed by atoms with E-state index in [1.54, 1.807) is 18.3 Å². The van der Waals surface area contributed by atoms with E-state index in [-0.39, 0.29) is 5.91 Å². The average molecular weight is 261 g/mol. The Balaban J connectivity index is 2.08. The summed E-state index contributed by atoms with van der Waals surface area (Å²) in [5.74, 6) is 0.307. The lowest BCUT2D eigenvalue weighted by Crippen LogP contribution is -2.11. The minimum Gasteiger partial charge on any atom is -0.366 e. The molecule has 1 saturated carbocycles. The Labute approximate surface area is 112 Å². The summed E-state index contributed by atoms with van der Waals surface area (Å²) in [7, 11) is 0. The topological polar surface area (TPSA) is 43.1 Å². The maximum atomic E-state index is 11.0. The maximum Gasteiger partial charge on any atom is 0.244 e. The quantitative estimate of drug-likeness (QED) is 0.651. The van der Waals surface area contributed by atoms with E-state index in [4.69, 9.17) is 5.73 Å². The van der Waals surface area contributed by atoms with Gasteiger partial charge in [-0.05, 0) is 61.6 Å². The monoisotopic (exact) mass is 261 g/mol. The average Bonchev–Trinajstić information content (AvgIpc) is 2.78. The van der Waals surface area contributed by atoms with Crippen molar-refractivity contribution in [3.63, 3.8) is 0 Å². The van der Waals surface area contributed by atoms with Crippen molar-refractivity contribution in [3.8, 4) is 0 Å². The van der Waals surface area contributed by atoms with Gasteiger partial charge in [0.2, 0.25) is 5.91 Å². The number of carbonyl (C=O) groups excluding carboxylic acids is 1. The van der Waals surface area contributed by atoms with Crippen LogP contribution in [0.1, 0.15) is 49.0 Å². The van der Waals surface area contributed by atoms with Crippen LogP contribution in [0, 0.1) is 0 Å². The van der Waals surface area contributed by atoms with Gasteiger partial charge in [-0.15, -0.1) is 11.3 Å². The molecule has 1 aliphatic rings. The highest BCUT2D eigenvalue weighted by atomic mass is 32.1. The Kier molecular flexibility index (Phi) is 4.02. The van der Waals surface area contributed by atoms with Gasteiger partial charge in [0.1, 0.15) is 0 Å². The second-order valence-corrected chi connectivity index (χ2v) is 5.94. The van der Waals surface area contributed by atoms with Gasteiger partial charge in [0.25, 0.3) is 0 Å². The normalized spacial score (nSPS) is 18.1. The molecule has 1 heterocycles. The number of hydrogen-bond donors (Lipinski definition) is 1. The second-order valence-electron chi connectivity index (χ2n) is 5.00. The second kappa shape index (κ2) is 5.53. The van der Waals surface area contributed by atoms with Crippen LogP contribution in [-0.2, 0) is 4.79 Å². The van der Waals surface area contributed by atoms with Crippen LogP contribution < -0.4 is 5.73 Å². The van der Waals surface area contributed by atoms with Crippen molar-refractivity contribution in [1.82, 2.24) is 0 Å². The molecule has 0 radical (unpaired) electrons. The standard InChI is InChI=1S/C15H19NOS/c1-10-3-5-12(6-4-10)13-8-14(18-9-13)7-11(2)15(16)17/h7-9,12H,1,3-6H2,2H3,(H2,16,17)/b11-7+. The zero-order chi connectivity index (χ0) is 13.1. The fourth-order valence-electron chi connectivity index (χ4n) is 2.30. The molecule has 1 fully saturated rings.